The maximum absolute atomic E-state index is 13.1. The second-order valence-electron chi connectivity index (χ2n) is 7.02. The number of amides is 1. The molecule has 5 heteroatoms. The fourth-order valence-corrected chi connectivity index (χ4v) is 4.23. The summed E-state index contributed by atoms with van der Waals surface area (Å²) in [6, 6.07) is 9.14. The van der Waals surface area contributed by atoms with Gasteiger partial charge < -0.3 is 19.4 Å². The first-order valence-corrected chi connectivity index (χ1v) is 8.70. The van der Waals surface area contributed by atoms with Gasteiger partial charge in [-0.2, -0.15) is 0 Å². The van der Waals surface area contributed by atoms with Crippen molar-refractivity contribution >= 4 is 16.9 Å². The third kappa shape index (κ3) is 2.62. The normalized spacial score (nSPS) is 26.0. The van der Waals surface area contributed by atoms with Crippen LogP contribution >= 0.6 is 0 Å². The van der Waals surface area contributed by atoms with Crippen molar-refractivity contribution in [3.05, 3.63) is 35.6 Å². The van der Waals surface area contributed by atoms with Crippen molar-refractivity contribution in [3.8, 4) is 0 Å². The fourth-order valence-electron chi connectivity index (χ4n) is 4.23. The van der Waals surface area contributed by atoms with Gasteiger partial charge in [0.25, 0.3) is 5.91 Å². The summed E-state index contributed by atoms with van der Waals surface area (Å²) >= 11 is 0. The number of rotatable bonds is 4. The van der Waals surface area contributed by atoms with E-state index in [9.17, 15) is 4.79 Å². The number of furan rings is 1. The second kappa shape index (κ2) is 6.22. The van der Waals surface area contributed by atoms with Crippen LogP contribution in [0.5, 0.6) is 0 Å². The summed E-state index contributed by atoms with van der Waals surface area (Å²) < 4.78 is 11.2. The van der Waals surface area contributed by atoms with Gasteiger partial charge in [-0.15, -0.1) is 0 Å². The monoisotopic (exact) mass is 328 g/mol. The summed E-state index contributed by atoms with van der Waals surface area (Å²) in [5.41, 5.74) is 1.59. The van der Waals surface area contributed by atoms with Crippen LogP contribution in [0.4, 0.5) is 0 Å². The first-order chi connectivity index (χ1) is 11.7. The molecular weight excluding hydrogens is 304 g/mol. The smallest absolute Gasteiger partial charge is 0.289 e. The van der Waals surface area contributed by atoms with Gasteiger partial charge >= 0.3 is 0 Å². The molecule has 0 saturated carbocycles. The molecule has 1 aromatic heterocycles. The van der Waals surface area contributed by atoms with Gasteiger partial charge in [-0.1, -0.05) is 18.2 Å². The van der Waals surface area contributed by atoms with Gasteiger partial charge in [-0.25, -0.2) is 0 Å². The maximum Gasteiger partial charge on any atom is 0.289 e. The number of ether oxygens (including phenoxy) is 1. The van der Waals surface area contributed by atoms with Gasteiger partial charge in [0.1, 0.15) is 5.58 Å². The van der Waals surface area contributed by atoms with E-state index in [1.165, 1.54) is 12.8 Å². The Balaban J connectivity index is 1.63. The van der Waals surface area contributed by atoms with Crippen LogP contribution in [-0.2, 0) is 11.3 Å². The number of hydrogen-bond donors (Lipinski definition) is 1. The molecule has 128 valence electrons. The maximum atomic E-state index is 13.1. The number of fused-ring (bicyclic) bond motifs is 3. The Hall–Kier alpha value is -1.85. The summed E-state index contributed by atoms with van der Waals surface area (Å²) in [6.45, 7) is 0.378. The van der Waals surface area contributed by atoms with Crippen molar-refractivity contribution in [1.29, 1.82) is 0 Å². The van der Waals surface area contributed by atoms with Crippen molar-refractivity contribution in [2.45, 2.75) is 50.4 Å². The van der Waals surface area contributed by atoms with E-state index in [0.717, 1.165) is 29.4 Å². The lowest BCUT2D eigenvalue weighted by atomic mass is 9.98. The number of benzene rings is 1. The summed E-state index contributed by atoms with van der Waals surface area (Å²) in [7, 11) is 3.55. The molecule has 4 rings (SSSR count). The lowest BCUT2D eigenvalue weighted by Gasteiger charge is -2.35. The zero-order valence-electron chi connectivity index (χ0n) is 14.2. The Kier molecular flexibility index (Phi) is 4.06. The molecule has 5 nitrogen and oxygen atoms in total. The highest BCUT2D eigenvalue weighted by molar-refractivity contribution is 5.99. The Morgan fingerprint density at radius 2 is 2.00 bits per heavy atom. The average Bonchev–Trinajstić information content (AvgIpc) is 3.14. The molecule has 0 aliphatic carbocycles. The number of hydrogen-bond acceptors (Lipinski definition) is 4. The minimum atomic E-state index is -0.0375. The van der Waals surface area contributed by atoms with Crippen molar-refractivity contribution in [1.82, 2.24) is 10.2 Å². The van der Waals surface area contributed by atoms with E-state index in [4.69, 9.17) is 9.15 Å². The van der Waals surface area contributed by atoms with Gasteiger partial charge in [-0.3, -0.25) is 4.79 Å². The predicted octanol–water partition coefficient (Wildman–Crippen LogP) is 2.93. The average molecular weight is 328 g/mol. The van der Waals surface area contributed by atoms with Crippen LogP contribution < -0.4 is 5.32 Å². The number of carbonyl (C=O) groups is 1. The summed E-state index contributed by atoms with van der Waals surface area (Å²) in [6.07, 6.45) is 4.50. The number of carbonyl (C=O) groups excluding carboxylic acids is 1. The second-order valence-corrected chi connectivity index (χ2v) is 7.02. The summed E-state index contributed by atoms with van der Waals surface area (Å²) in [5, 5.41) is 4.59. The largest absolute Gasteiger partial charge is 0.451 e. The van der Waals surface area contributed by atoms with E-state index < -0.39 is 0 Å². The van der Waals surface area contributed by atoms with E-state index >= 15 is 0 Å². The predicted molar refractivity (Wildman–Crippen MR) is 92.0 cm³/mol. The van der Waals surface area contributed by atoms with Gasteiger partial charge in [-0.05, 0) is 31.7 Å². The topological polar surface area (TPSA) is 54.7 Å². The van der Waals surface area contributed by atoms with Gasteiger partial charge in [0.2, 0.25) is 0 Å². The van der Waals surface area contributed by atoms with Crippen LogP contribution in [-0.4, -0.2) is 43.1 Å². The van der Waals surface area contributed by atoms with Crippen molar-refractivity contribution in [2.75, 3.05) is 14.2 Å². The molecule has 1 aromatic carbocycles. The molecule has 24 heavy (non-hydrogen) atoms. The minimum absolute atomic E-state index is 0.0375. The van der Waals surface area contributed by atoms with E-state index in [-0.39, 0.29) is 11.9 Å². The van der Waals surface area contributed by atoms with Gasteiger partial charge in [0, 0.05) is 43.2 Å². The number of nitrogens with one attached hydrogen (secondary N) is 1. The zero-order valence-corrected chi connectivity index (χ0v) is 14.2. The fraction of sp³-hybridized carbons (Fsp3) is 0.526. The van der Waals surface area contributed by atoms with Crippen molar-refractivity contribution in [3.63, 3.8) is 0 Å². The summed E-state index contributed by atoms with van der Waals surface area (Å²) in [5.74, 6) is 0.385. The van der Waals surface area contributed by atoms with Crippen molar-refractivity contribution in [2.24, 2.45) is 0 Å². The van der Waals surface area contributed by atoms with Crippen LogP contribution in [0.15, 0.2) is 28.7 Å². The molecule has 0 spiro atoms. The third-order valence-electron chi connectivity index (χ3n) is 5.50. The van der Waals surface area contributed by atoms with E-state index in [0.29, 0.717) is 24.5 Å². The molecule has 3 heterocycles. The van der Waals surface area contributed by atoms with Gasteiger partial charge in [0.15, 0.2) is 5.76 Å². The van der Waals surface area contributed by atoms with Crippen LogP contribution in [0.25, 0.3) is 11.0 Å². The zero-order chi connectivity index (χ0) is 16.7. The van der Waals surface area contributed by atoms with E-state index in [2.05, 4.69) is 5.32 Å². The Bertz CT molecular complexity index is 742. The molecule has 2 saturated heterocycles. The van der Waals surface area contributed by atoms with Crippen LogP contribution in [0.1, 0.15) is 41.8 Å². The standard InChI is InChI=1S/C19H24N2O3/c1-21(14-9-12-7-8-13(10-14)20-12)19(22)18-16(11-23-2)15-5-3-4-6-17(15)24-18/h3-6,12-14,20H,7-11H2,1-2H3. The molecule has 2 bridgehead atoms. The lowest BCUT2D eigenvalue weighted by molar-refractivity contribution is 0.0646. The molecule has 1 amide bonds. The molecule has 2 aliphatic heterocycles. The molecule has 2 atom stereocenters. The SMILES string of the molecule is COCc1c(C(=O)N(C)C2CC3CCC(C2)N3)oc2ccccc12. The minimum Gasteiger partial charge on any atom is -0.451 e. The molecule has 2 aromatic rings. The van der Waals surface area contributed by atoms with Crippen LogP contribution in [0.3, 0.4) is 0 Å². The molecular formula is C19H24N2O3. The first kappa shape index (κ1) is 15.7. The number of piperidine rings is 1. The highest BCUT2D eigenvalue weighted by Crippen LogP contribution is 2.32. The van der Waals surface area contributed by atoms with Crippen LogP contribution in [0.2, 0.25) is 0 Å². The number of nitrogens with zero attached hydrogens (tertiary/aromatic N) is 1. The Morgan fingerprint density at radius 1 is 1.29 bits per heavy atom. The van der Waals surface area contributed by atoms with E-state index in [1.54, 1.807) is 7.11 Å². The number of methoxy groups -OCH3 is 1. The highest BCUT2D eigenvalue weighted by atomic mass is 16.5. The highest BCUT2D eigenvalue weighted by Gasteiger charge is 2.37. The Labute approximate surface area is 141 Å². The third-order valence-corrected chi connectivity index (χ3v) is 5.50. The molecule has 2 unspecified atom stereocenters. The van der Waals surface area contributed by atoms with Crippen molar-refractivity contribution < 1.29 is 13.9 Å². The number of para-hydroxylation sites is 1. The molecule has 1 N–H and O–H groups in total. The molecule has 2 fully saturated rings. The van der Waals surface area contributed by atoms with Crippen LogP contribution in [0, 0.1) is 0 Å². The lowest BCUT2D eigenvalue weighted by Crippen LogP contribution is -2.48. The summed E-state index contributed by atoms with van der Waals surface area (Å²) in [4.78, 5) is 15.0. The first-order valence-electron chi connectivity index (χ1n) is 8.70. The Morgan fingerprint density at radius 3 is 2.71 bits per heavy atom. The van der Waals surface area contributed by atoms with E-state index in [1.807, 2.05) is 36.2 Å². The molecule has 2 aliphatic rings. The van der Waals surface area contributed by atoms with Gasteiger partial charge in [0.05, 0.1) is 6.61 Å². The molecule has 0 radical (unpaired) electrons. The quantitative estimate of drug-likeness (QED) is 0.937.